The molecule has 0 bridgehead atoms. The average Bonchev–Trinajstić information content (AvgIpc) is 2.31. The van der Waals surface area contributed by atoms with E-state index in [9.17, 15) is 9.90 Å². The number of nitrogens with zero attached hydrogens (tertiary/aromatic N) is 1. The lowest BCUT2D eigenvalue weighted by molar-refractivity contribution is 0.0708. The van der Waals surface area contributed by atoms with Gasteiger partial charge in [-0.15, -0.1) is 0 Å². The topological polar surface area (TPSA) is 66.6 Å². The van der Waals surface area contributed by atoms with E-state index in [1.165, 1.54) is 18.2 Å². The third-order valence-corrected chi connectivity index (χ3v) is 3.25. The fourth-order valence-corrected chi connectivity index (χ4v) is 2.24. The average molecular weight is 255 g/mol. The molecule has 1 aliphatic heterocycles. The second-order valence-electron chi connectivity index (χ2n) is 4.32. The highest BCUT2D eigenvalue weighted by molar-refractivity contribution is 6.33. The summed E-state index contributed by atoms with van der Waals surface area (Å²) in [5, 5.41) is 9.74. The lowest BCUT2D eigenvalue weighted by atomic mass is 10.1. The van der Waals surface area contributed by atoms with E-state index >= 15 is 0 Å². The zero-order valence-corrected chi connectivity index (χ0v) is 10.2. The van der Waals surface area contributed by atoms with Gasteiger partial charge in [0.05, 0.1) is 10.6 Å². The Kier molecular flexibility index (Phi) is 3.54. The second kappa shape index (κ2) is 4.94. The molecule has 0 radical (unpaired) electrons. The van der Waals surface area contributed by atoms with E-state index < -0.39 is 0 Å². The number of nitrogens with two attached hydrogens (primary N) is 1. The molecule has 17 heavy (non-hydrogen) atoms. The van der Waals surface area contributed by atoms with Gasteiger partial charge in [-0.2, -0.15) is 0 Å². The van der Waals surface area contributed by atoms with Crippen LogP contribution >= 0.6 is 11.6 Å². The van der Waals surface area contributed by atoms with Crippen LogP contribution < -0.4 is 5.73 Å². The zero-order valence-electron chi connectivity index (χ0n) is 9.40. The van der Waals surface area contributed by atoms with Crippen LogP contribution in [0, 0.1) is 0 Å². The highest BCUT2D eigenvalue weighted by Crippen LogP contribution is 2.23. The molecule has 0 aliphatic carbocycles. The summed E-state index contributed by atoms with van der Waals surface area (Å²) in [6.45, 7) is 1.24. The first-order valence-electron chi connectivity index (χ1n) is 5.61. The molecule has 0 aromatic heterocycles. The van der Waals surface area contributed by atoms with Gasteiger partial charge in [-0.25, -0.2) is 0 Å². The molecule has 0 unspecified atom stereocenters. The maximum Gasteiger partial charge on any atom is 0.255 e. The molecule has 3 N–H and O–H groups in total. The van der Waals surface area contributed by atoms with Crippen LogP contribution in [0.4, 0.5) is 0 Å². The number of amides is 1. The van der Waals surface area contributed by atoms with Crippen molar-refractivity contribution in [2.24, 2.45) is 5.73 Å². The number of carbonyl (C=O) groups excluding carboxylic acids is 1. The monoisotopic (exact) mass is 254 g/mol. The Morgan fingerprint density at radius 2 is 2.29 bits per heavy atom. The number of carbonyl (C=O) groups is 1. The normalized spacial score (nSPS) is 20.4. The van der Waals surface area contributed by atoms with Gasteiger partial charge < -0.3 is 15.7 Å². The highest BCUT2D eigenvalue weighted by Gasteiger charge is 2.23. The first-order chi connectivity index (χ1) is 8.08. The minimum atomic E-state index is -0.166. The standard InChI is InChI=1S/C12H15ClN2O2/c13-11-4-3-9(16)6-10(11)12(17)15-5-1-2-8(14)7-15/h3-4,6,8,16H,1-2,5,7,14H2/t8-/m1/s1. The minimum absolute atomic E-state index is 0.0313. The van der Waals surface area contributed by atoms with Crippen molar-refractivity contribution < 1.29 is 9.90 Å². The minimum Gasteiger partial charge on any atom is -0.508 e. The Balaban J connectivity index is 2.21. The summed E-state index contributed by atoms with van der Waals surface area (Å²) in [4.78, 5) is 13.9. The van der Waals surface area contributed by atoms with Crippen LogP contribution in [0.3, 0.4) is 0 Å². The number of hydrogen-bond acceptors (Lipinski definition) is 3. The van der Waals surface area contributed by atoms with Crippen molar-refractivity contribution in [3.63, 3.8) is 0 Å². The number of halogens is 1. The van der Waals surface area contributed by atoms with Gasteiger partial charge in [0.1, 0.15) is 5.75 Å². The van der Waals surface area contributed by atoms with E-state index in [1.807, 2.05) is 0 Å². The van der Waals surface area contributed by atoms with Gasteiger partial charge in [0, 0.05) is 19.1 Å². The van der Waals surface area contributed by atoms with Gasteiger partial charge >= 0.3 is 0 Å². The van der Waals surface area contributed by atoms with Gasteiger partial charge in [-0.05, 0) is 31.0 Å². The van der Waals surface area contributed by atoms with Crippen LogP contribution in [0.25, 0.3) is 0 Å². The van der Waals surface area contributed by atoms with Gasteiger partial charge in [0.15, 0.2) is 0 Å². The molecule has 2 rings (SSSR count). The summed E-state index contributed by atoms with van der Waals surface area (Å²) in [5.41, 5.74) is 6.17. The predicted molar refractivity (Wildman–Crippen MR) is 66.2 cm³/mol. The van der Waals surface area contributed by atoms with Crippen molar-refractivity contribution in [3.8, 4) is 5.75 Å². The SMILES string of the molecule is N[C@@H]1CCCN(C(=O)c2cc(O)ccc2Cl)C1. The van der Waals surface area contributed by atoms with Crippen molar-refractivity contribution in [1.82, 2.24) is 4.90 Å². The molecule has 1 aromatic carbocycles. The van der Waals surface area contributed by atoms with Crippen molar-refractivity contribution >= 4 is 17.5 Å². The smallest absolute Gasteiger partial charge is 0.255 e. The van der Waals surface area contributed by atoms with Gasteiger partial charge in [0.2, 0.25) is 0 Å². The maximum absolute atomic E-state index is 12.2. The third-order valence-electron chi connectivity index (χ3n) is 2.93. The molecule has 92 valence electrons. The van der Waals surface area contributed by atoms with Crippen LogP contribution in [0.1, 0.15) is 23.2 Å². The summed E-state index contributed by atoms with van der Waals surface area (Å²) in [6, 6.07) is 4.41. The molecule has 5 heteroatoms. The fourth-order valence-electron chi connectivity index (χ4n) is 2.04. The molecule has 1 heterocycles. The number of piperidine rings is 1. The highest BCUT2D eigenvalue weighted by atomic mass is 35.5. The molecular weight excluding hydrogens is 240 g/mol. The first kappa shape index (κ1) is 12.2. The van der Waals surface area contributed by atoms with E-state index in [0.29, 0.717) is 23.7 Å². The van der Waals surface area contributed by atoms with E-state index in [4.69, 9.17) is 17.3 Å². The molecule has 0 saturated carbocycles. The van der Waals surface area contributed by atoms with Crippen LogP contribution in [0.2, 0.25) is 5.02 Å². The van der Waals surface area contributed by atoms with Gasteiger partial charge in [0.25, 0.3) is 5.91 Å². The summed E-state index contributed by atoms with van der Waals surface area (Å²) >= 11 is 5.96. The number of rotatable bonds is 1. The largest absolute Gasteiger partial charge is 0.508 e. The first-order valence-corrected chi connectivity index (χ1v) is 5.99. The molecule has 1 atom stereocenters. The Morgan fingerprint density at radius 3 is 3.00 bits per heavy atom. The Morgan fingerprint density at radius 1 is 1.53 bits per heavy atom. The summed E-state index contributed by atoms with van der Waals surface area (Å²) in [6.07, 6.45) is 1.85. The second-order valence-corrected chi connectivity index (χ2v) is 4.72. The van der Waals surface area contributed by atoms with E-state index in [-0.39, 0.29) is 17.7 Å². The molecule has 0 spiro atoms. The van der Waals surface area contributed by atoms with E-state index in [1.54, 1.807) is 4.90 Å². The van der Waals surface area contributed by atoms with E-state index in [0.717, 1.165) is 12.8 Å². The summed E-state index contributed by atoms with van der Waals surface area (Å²) < 4.78 is 0. The van der Waals surface area contributed by atoms with Crippen LogP contribution in [-0.2, 0) is 0 Å². The third kappa shape index (κ3) is 2.70. The molecule has 1 amide bonds. The fraction of sp³-hybridized carbons (Fsp3) is 0.417. The quantitative estimate of drug-likeness (QED) is 0.800. The zero-order chi connectivity index (χ0) is 12.4. The number of aromatic hydroxyl groups is 1. The predicted octanol–water partition coefficient (Wildman–Crippen LogP) is 1.61. The Labute approximate surface area is 105 Å². The number of benzene rings is 1. The van der Waals surface area contributed by atoms with Gasteiger partial charge in [-0.3, -0.25) is 4.79 Å². The number of hydrogen-bond donors (Lipinski definition) is 2. The van der Waals surface area contributed by atoms with Crippen LogP contribution in [0.5, 0.6) is 5.75 Å². The molecule has 1 saturated heterocycles. The van der Waals surface area contributed by atoms with Crippen molar-refractivity contribution in [2.45, 2.75) is 18.9 Å². The Bertz CT molecular complexity index is 437. The Hall–Kier alpha value is -1.26. The number of phenolic OH excluding ortho intramolecular Hbond substituents is 1. The molecule has 1 aliphatic rings. The number of likely N-dealkylation sites (tertiary alicyclic amines) is 1. The lowest BCUT2D eigenvalue weighted by Gasteiger charge is -2.31. The van der Waals surface area contributed by atoms with Crippen molar-refractivity contribution in [1.29, 1.82) is 0 Å². The summed E-state index contributed by atoms with van der Waals surface area (Å²) in [7, 11) is 0. The summed E-state index contributed by atoms with van der Waals surface area (Å²) in [5.74, 6) is -0.125. The van der Waals surface area contributed by atoms with Crippen molar-refractivity contribution in [3.05, 3.63) is 28.8 Å². The van der Waals surface area contributed by atoms with Crippen LogP contribution in [-0.4, -0.2) is 35.0 Å². The lowest BCUT2D eigenvalue weighted by Crippen LogP contribution is -2.45. The van der Waals surface area contributed by atoms with Crippen molar-refractivity contribution in [2.75, 3.05) is 13.1 Å². The molecule has 1 aromatic rings. The molecule has 4 nitrogen and oxygen atoms in total. The number of phenols is 1. The van der Waals surface area contributed by atoms with Crippen LogP contribution in [0.15, 0.2) is 18.2 Å². The molecular formula is C12H15ClN2O2. The molecule has 1 fully saturated rings. The maximum atomic E-state index is 12.2. The van der Waals surface area contributed by atoms with E-state index in [2.05, 4.69) is 0 Å². The van der Waals surface area contributed by atoms with Gasteiger partial charge in [-0.1, -0.05) is 11.6 Å².